The van der Waals surface area contributed by atoms with E-state index in [0.29, 0.717) is 40.2 Å². The minimum Gasteiger partial charge on any atom is -0.397 e. The van der Waals surface area contributed by atoms with Crippen LogP contribution in [0, 0.1) is 0 Å². The molecule has 3 aromatic rings. The van der Waals surface area contributed by atoms with Crippen LogP contribution in [0.1, 0.15) is 32.0 Å². The van der Waals surface area contributed by atoms with Crippen LogP contribution in [0.2, 0.25) is 0 Å². The normalized spacial score (nSPS) is 15.0. The van der Waals surface area contributed by atoms with Gasteiger partial charge >= 0.3 is 0 Å². The highest BCUT2D eigenvalue weighted by molar-refractivity contribution is 7.85. The maximum atomic E-state index is 13.3. The van der Waals surface area contributed by atoms with Crippen molar-refractivity contribution in [1.82, 2.24) is 9.97 Å². The van der Waals surface area contributed by atoms with E-state index in [1.165, 1.54) is 12.4 Å². The maximum Gasteiger partial charge on any atom is 0.260 e. The van der Waals surface area contributed by atoms with Gasteiger partial charge in [0.25, 0.3) is 5.91 Å². The van der Waals surface area contributed by atoms with E-state index in [4.69, 9.17) is 5.73 Å². The summed E-state index contributed by atoms with van der Waals surface area (Å²) in [6, 6.07) is 10.6. The first-order chi connectivity index (χ1) is 14.1. The number of hydrogen-bond donors (Lipinski definition) is 1. The number of carbonyl (C=O) groups excluding carboxylic acids is 2. The minimum atomic E-state index is -1.17. The molecule has 1 unspecified atom stereocenters. The van der Waals surface area contributed by atoms with Crippen LogP contribution in [0.5, 0.6) is 0 Å². The number of fused-ring (bicyclic) bond motifs is 1. The van der Waals surface area contributed by atoms with E-state index >= 15 is 0 Å². The zero-order valence-corrected chi connectivity index (χ0v) is 16.3. The molecule has 0 fully saturated rings. The second kappa shape index (κ2) is 7.92. The Morgan fingerprint density at radius 3 is 2.83 bits per heavy atom. The molecular weight excluding hydrogens is 388 g/mol. The van der Waals surface area contributed by atoms with Crippen molar-refractivity contribution in [2.75, 3.05) is 16.4 Å². The van der Waals surface area contributed by atoms with Crippen LogP contribution in [0.3, 0.4) is 0 Å². The van der Waals surface area contributed by atoms with Gasteiger partial charge in [0.1, 0.15) is 5.69 Å². The lowest BCUT2D eigenvalue weighted by molar-refractivity contribution is 0.0983. The number of aldehydes is 1. The highest BCUT2D eigenvalue weighted by Gasteiger charge is 2.28. The highest BCUT2D eigenvalue weighted by atomic mass is 32.2. The molecule has 0 aliphatic carbocycles. The minimum absolute atomic E-state index is 0.153. The van der Waals surface area contributed by atoms with Crippen molar-refractivity contribution in [1.29, 1.82) is 0 Å². The van der Waals surface area contributed by atoms with Gasteiger partial charge in [0.05, 0.1) is 39.2 Å². The summed E-state index contributed by atoms with van der Waals surface area (Å²) in [5.74, 6) is 0.275. The second-order valence-corrected chi connectivity index (χ2v) is 8.14. The fraction of sp³-hybridized carbons (Fsp3) is 0.143. The molecule has 1 atom stereocenters. The predicted molar refractivity (Wildman–Crippen MR) is 110 cm³/mol. The molecule has 0 saturated carbocycles. The van der Waals surface area contributed by atoms with Gasteiger partial charge in [-0.2, -0.15) is 0 Å². The highest BCUT2D eigenvalue weighted by Crippen LogP contribution is 2.34. The summed E-state index contributed by atoms with van der Waals surface area (Å²) in [5.41, 5.74) is 8.95. The monoisotopic (exact) mass is 406 g/mol. The summed E-state index contributed by atoms with van der Waals surface area (Å²) in [4.78, 5) is 34.7. The Balaban J connectivity index is 1.80. The molecule has 7 nitrogen and oxygen atoms in total. The predicted octanol–water partition coefficient (Wildman–Crippen LogP) is 2.38. The number of anilines is 2. The van der Waals surface area contributed by atoms with E-state index < -0.39 is 10.8 Å². The van der Waals surface area contributed by atoms with Crippen molar-refractivity contribution >= 4 is 34.4 Å². The number of nitrogens with two attached hydrogens (primary N) is 1. The molecule has 1 amide bonds. The molecule has 1 aliphatic heterocycles. The SMILES string of the molecule is Nc1cc(CN(C(=O)c2cccnc2)c2cccc3c2S(=O)CC3)cnc1C=O. The summed E-state index contributed by atoms with van der Waals surface area (Å²) in [6.45, 7) is 0.164. The van der Waals surface area contributed by atoms with Gasteiger partial charge in [0.2, 0.25) is 0 Å². The van der Waals surface area contributed by atoms with Crippen molar-refractivity contribution in [2.24, 2.45) is 0 Å². The molecule has 0 radical (unpaired) electrons. The summed E-state index contributed by atoms with van der Waals surface area (Å²) in [5, 5.41) is 0. The number of pyridine rings is 2. The van der Waals surface area contributed by atoms with Crippen molar-refractivity contribution in [2.45, 2.75) is 17.9 Å². The van der Waals surface area contributed by atoms with Gasteiger partial charge < -0.3 is 10.6 Å². The molecule has 29 heavy (non-hydrogen) atoms. The third-order valence-corrected chi connectivity index (χ3v) is 6.26. The second-order valence-electron chi connectivity index (χ2n) is 6.63. The molecule has 146 valence electrons. The molecule has 2 N–H and O–H groups in total. The first kappa shape index (κ1) is 18.9. The lowest BCUT2D eigenvalue weighted by Crippen LogP contribution is -2.31. The van der Waals surface area contributed by atoms with Crippen molar-refractivity contribution in [3.05, 3.63) is 77.4 Å². The summed E-state index contributed by atoms with van der Waals surface area (Å²) < 4.78 is 12.6. The molecule has 8 heteroatoms. The van der Waals surface area contributed by atoms with Crippen LogP contribution < -0.4 is 10.6 Å². The number of rotatable bonds is 5. The van der Waals surface area contributed by atoms with Crippen molar-refractivity contribution < 1.29 is 13.8 Å². The van der Waals surface area contributed by atoms with Gasteiger partial charge in [-0.05, 0) is 41.8 Å². The number of benzene rings is 1. The first-order valence-corrected chi connectivity index (χ1v) is 10.3. The third-order valence-electron chi connectivity index (χ3n) is 4.76. The van der Waals surface area contributed by atoms with Crippen molar-refractivity contribution in [3.8, 4) is 0 Å². The van der Waals surface area contributed by atoms with Crippen LogP contribution >= 0.6 is 0 Å². The molecule has 0 saturated heterocycles. The van der Waals surface area contributed by atoms with E-state index in [-0.39, 0.29) is 23.8 Å². The number of aromatic nitrogens is 2. The average molecular weight is 406 g/mol. The van der Waals surface area contributed by atoms with Crippen LogP contribution in [0.4, 0.5) is 11.4 Å². The Hall–Kier alpha value is -3.39. The number of amides is 1. The Morgan fingerprint density at radius 2 is 2.10 bits per heavy atom. The fourth-order valence-corrected chi connectivity index (χ4v) is 4.85. The Kier molecular flexibility index (Phi) is 5.18. The van der Waals surface area contributed by atoms with E-state index in [9.17, 15) is 13.8 Å². The summed E-state index contributed by atoms with van der Waals surface area (Å²) in [6.07, 6.45) is 5.92. The standard InChI is InChI=1S/C21H18N4O3S/c22-17-9-14(10-24-18(17)13-26)12-25(21(27)16-4-2-7-23-11-16)19-5-1-3-15-6-8-29(28)20(15)19/h1-5,7,9-11,13H,6,8,12,22H2. The van der Waals surface area contributed by atoms with Crippen LogP contribution in [0.25, 0.3) is 0 Å². The zero-order valence-electron chi connectivity index (χ0n) is 15.4. The first-order valence-electron chi connectivity index (χ1n) is 9.00. The van der Waals surface area contributed by atoms with Gasteiger partial charge in [0, 0.05) is 24.3 Å². The average Bonchev–Trinajstić information content (AvgIpc) is 3.13. The third kappa shape index (κ3) is 3.66. The molecule has 1 aromatic carbocycles. The van der Waals surface area contributed by atoms with Crippen LogP contribution in [-0.4, -0.2) is 32.1 Å². The van der Waals surface area contributed by atoms with Gasteiger partial charge in [-0.25, -0.2) is 0 Å². The molecule has 3 heterocycles. The van der Waals surface area contributed by atoms with E-state index in [1.807, 2.05) is 12.1 Å². The number of hydrogen-bond acceptors (Lipinski definition) is 6. The quantitative estimate of drug-likeness (QED) is 0.652. The lowest BCUT2D eigenvalue weighted by atomic mass is 10.1. The number of nitrogen functional groups attached to an aromatic ring is 1. The molecular formula is C21H18N4O3S. The van der Waals surface area contributed by atoms with Crippen molar-refractivity contribution in [3.63, 3.8) is 0 Å². The topological polar surface area (TPSA) is 106 Å². The van der Waals surface area contributed by atoms with Gasteiger partial charge in [0.15, 0.2) is 6.29 Å². The number of carbonyl (C=O) groups is 2. The van der Waals surface area contributed by atoms with E-state index in [2.05, 4.69) is 9.97 Å². The Labute approximate surface area is 170 Å². The molecule has 4 rings (SSSR count). The van der Waals surface area contributed by atoms with Crippen LogP contribution in [0.15, 0.2) is 59.9 Å². The molecule has 0 bridgehead atoms. The molecule has 2 aromatic heterocycles. The fourth-order valence-electron chi connectivity index (χ4n) is 3.37. The maximum absolute atomic E-state index is 13.3. The largest absolute Gasteiger partial charge is 0.397 e. The number of nitrogens with zero attached hydrogens (tertiary/aromatic N) is 3. The van der Waals surface area contributed by atoms with Gasteiger partial charge in [-0.1, -0.05) is 12.1 Å². The Morgan fingerprint density at radius 1 is 1.24 bits per heavy atom. The number of aryl methyl sites for hydroxylation is 1. The molecule has 1 aliphatic rings. The smallest absolute Gasteiger partial charge is 0.260 e. The Bertz CT molecular complexity index is 1120. The van der Waals surface area contributed by atoms with Gasteiger partial charge in [-0.3, -0.25) is 23.8 Å². The van der Waals surface area contributed by atoms with Gasteiger partial charge in [-0.15, -0.1) is 0 Å². The van der Waals surface area contributed by atoms with Crippen LogP contribution in [-0.2, 0) is 23.8 Å². The molecule has 0 spiro atoms. The van der Waals surface area contributed by atoms with E-state index in [0.717, 1.165) is 5.56 Å². The zero-order chi connectivity index (χ0) is 20.4. The summed E-state index contributed by atoms with van der Waals surface area (Å²) in [7, 11) is -1.17. The van der Waals surface area contributed by atoms with E-state index in [1.54, 1.807) is 35.4 Å². The summed E-state index contributed by atoms with van der Waals surface area (Å²) >= 11 is 0. The lowest BCUT2D eigenvalue weighted by Gasteiger charge is -2.25.